The Morgan fingerprint density at radius 1 is 0.821 bits per heavy atom. The molecule has 0 N–H and O–H groups in total. The van der Waals surface area contributed by atoms with E-state index in [0.29, 0.717) is 5.56 Å². The maximum absolute atomic E-state index is 14.3. The molecule has 3 rings (SSSR count). The molecule has 0 aromatic heterocycles. The molecule has 1 nitrogen and oxygen atoms in total. The fourth-order valence-electron chi connectivity index (χ4n) is 5.50. The molecule has 0 radical (unpaired) electrons. The second-order valence-electron chi connectivity index (χ2n) is 9.27. The van der Waals surface area contributed by atoms with Crippen LogP contribution in [0.3, 0.4) is 0 Å². The lowest BCUT2D eigenvalue weighted by atomic mass is 9.74. The number of hydrogen-bond acceptors (Lipinski definition) is 1. The van der Waals surface area contributed by atoms with Crippen molar-refractivity contribution in [2.75, 3.05) is 0 Å². The van der Waals surface area contributed by atoms with Crippen molar-refractivity contribution in [3.63, 3.8) is 0 Å². The summed E-state index contributed by atoms with van der Waals surface area (Å²) in [7, 11) is 0. The highest BCUT2D eigenvalue weighted by molar-refractivity contribution is 5.36. The Morgan fingerprint density at radius 3 is 1.89 bits per heavy atom. The van der Waals surface area contributed by atoms with Crippen molar-refractivity contribution < 1.29 is 8.78 Å². The molecule has 154 valence electrons. The molecule has 0 spiro atoms. The zero-order chi connectivity index (χ0) is 19.9. The number of unbranched alkanes of at least 4 members (excludes halogenated alkanes) is 1. The van der Waals surface area contributed by atoms with E-state index in [-0.39, 0.29) is 11.5 Å². The van der Waals surface area contributed by atoms with Crippen molar-refractivity contribution in [1.29, 1.82) is 5.26 Å². The van der Waals surface area contributed by atoms with Gasteiger partial charge in [-0.1, -0.05) is 70.8 Å². The van der Waals surface area contributed by atoms with Crippen LogP contribution in [0.2, 0.25) is 0 Å². The van der Waals surface area contributed by atoms with Gasteiger partial charge in [-0.2, -0.15) is 5.26 Å². The van der Waals surface area contributed by atoms with E-state index >= 15 is 0 Å². The van der Waals surface area contributed by atoms with Crippen LogP contribution in [0.25, 0.3) is 0 Å². The van der Waals surface area contributed by atoms with Gasteiger partial charge in [-0.25, -0.2) is 8.78 Å². The summed E-state index contributed by atoms with van der Waals surface area (Å²) in [6.07, 6.45) is 16.6. The van der Waals surface area contributed by atoms with Gasteiger partial charge >= 0.3 is 0 Å². The van der Waals surface area contributed by atoms with Gasteiger partial charge in [0.1, 0.15) is 6.07 Å². The minimum absolute atomic E-state index is 0.104. The second kappa shape index (κ2) is 10.4. The predicted octanol–water partition coefficient (Wildman–Crippen LogP) is 7.89. The van der Waals surface area contributed by atoms with Crippen LogP contribution in [0.1, 0.15) is 107 Å². The number of nitriles is 1. The van der Waals surface area contributed by atoms with Crippen molar-refractivity contribution in [3.8, 4) is 6.07 Å². The first kappa shape index (κ1) is 21.3. The molecule has 1 aromatic rings. The summed E-state index contributed by atoms with van der Waals surface area (Å²) < 4.78 is 28.2. The van der Waals surface area contributed by atoms with Gasteiger partial charge in [0.15, 0.2) is 11.6 Å². The summed E-state index contributed by atoms with van der Waals surface area (Å²) in [6, 6.07) is 4.77. The van der Waals surface area contributed by atoms with E-state index in [1.807, 2.05) is 0 Å². The molecule has 0 bridgehead atoms. The topological polar surface area (TPSA) is 23.8 Å². The molecule has 0 atom stereocenters. The summed E-state index contributed by atoms with van der Waals surface area (Å²) >= 11 is 0. The van der Waals surface area contributed by atoms with Crippen molar-refractivity contribution in [3.05, 3.63) is 34.9 Å². The third-order valence-electron chi connectivity index (χ3n) is 7.43. The Morgan fingerprint density at radius 2 is 1.36 bits per heavy atom. The van der Waals surface area contributed by atoms with Crippen LogP contribution in [0.15, 0.2) is 12.1 Å². The van der Waals surface area contributed by atoms with Gasteiger partial charge in [0.25, 0.3) is 0 Å². The summed E-state index contributed by atoms with van der Waals surface area (Å²) in [5.41, 5.74) is 0.278. The zero-order valence-corrected chi connectivity index (χ0v) is 17.4. The number of hydrogen-bond donors (Lipinski definition) is 0. The van der Waals surface area contributed by atoms with Crippen molar-refractivity contribution >= 4 is 0 Å². The maximum Gasteiger partial charge on any atom is 0.176 e. The molecule has 28 heavy (non-hydrogen) atoms. The van der Waals surface area contributed by atoms with Crippen LogP contribution in [0, 0.1) is 40.7 Å². The maximum atomic E-state index is 14.3. The van der Waals surface area contributed by atoms with Crippen LogP contribution in [-0.2, 0) is 0 Å². The van der Waals surface area contributed by atoms with Gasteiger partial charge in [-0.3, -0.25) is 0 Å². The predicted molar refractivity (Wildman–Crippen MR) is 110 cm³/mol. The fourth-order valence-corrected chi connectivity index (χ4v) is 5.50. The van der Waals surface area contributed by atoms with Gasteiger partial charge in [0.05, 0.1) is 5.56 Å². The van der Waals surface area contributed by atoms with Crippen LogP contribution in [0.5, 0.6) is 0 Å². The normalized spacial score (nSPS) is 28.1. The number of benzene rings is 1. The van der Waals surface area contributed by atoms with E-state index in [1.165, 1.54) is 63.9 Å². The molecule has 3 heteroatoms. The number of nitrogens with zero attached hydrogens (tertiary/aromatic N) is 1. The Bertz CT molecular complexity index is 662. The third-order valence-corrected chi connectivity index (χ3v) is 7.43. The van der Waals surface area contributed by atoms with E-state index in [0.717, 1.165) is 43.4 Å². The average Bonchev–Trinajstić information content (AvgIpc) is 2.74. The Kier molecular flexibility index (Phi) is 7.89. The Hall–Kier alpha value is -1.43. The molecular weight excluding hydrogens is 352 g/mol. The standard InChI is InChI=1S/C25H35F2N/c1-2-3-4-18-5-7-19(8-6-18)9-10-20-11-13-21(14-12-20)23-16-15-22(17-28)24(26)25(23)27/h15-16,18-21H,2-14H2,1H3/t18-,19-,20-,21-. The van der Waals surface area contributed by atoms with Gasteiger partial charge < -0.3 is 0 Å². The number of halogens is 2. The fraction of sp³-hybridized carbons (Fsp3) is 0.720. The number of rotatable bonds is 7. The molecule has 0 heterocycles. The quantitative estimate of drug-likeness (QED) is 0.466. The largest absolute Gasteiger partial charge is 0.203 e. The van der Waals surface area contributed by atoms with E-state index in [4.69, 9.17) is 5.26 Å². The lowest BCUT2D eigenvalue weighted by Crippen LogP contribution is -2.18. The molecule has 2 aliphatic carbocycles. The molecule has 0 amide bonds. The summed E-state index contributed by atoms with van der Waals surface area (Å²) in [5.74, 6) is 0.974. The first-order valence-electron chi connectivity index (χ1n) is 11.5. The van der Waals surface area contributed by atoms with Crippen LogP contribution < -0.4 is 0 Å². The first-order chi connectivity index (χ1) is 13.6. The SMILES string of the molecule is CCCC[C@H]1CC[C@H](CC[C@H]2CC[C@H](c3ccc(C#N)c(F)c3F)CC2)CC1. The summed E-state index contributed by atoms with van der Waals surface area (Å²) in [6.45, 7) is 2.28. The summed E-state index contributed by atoms with van der Waals surface area (Å²) in [4.78, 5) is 0. The van der Waals surface area contributed by atoms with E-state index in [2.05, 4.69) is 6.92 Å². The van der Waals surface area contributed by atoms with Gasteiger partial charge in [-0.15, -0.1) is 0 Å². The highest BCUT2D eigenvalue weighted by atomic mass is 19.2. The minimum atomic E-state index is -0.975. The molecule has 2 saturated carbocycles. The first-order valence-corrected chi connectivity index (χ1v) is 11.5. The molecule has 0 aliphatic heterocycles. The van der Waals surface area contributed by atoms with Crippen LogP contribution >= 0.6 is 0 Å². The smallest absolute Gasteiger partial charge is 0.176 e. The lowest BCUT2D eigenvalue weighted by molar-refractivity contribution is 0.222. The van der Waals surface area contributed by atoms with E-state index in [1.54, 1.807) is 12.1 Å². The van der Waals surface area contributed by atoms with Gasteiger partial charge in [0.2, 0.25) is 0 Å². The van der Waals surface area contributed by atoms with Crippen LogP contribution in [-0.4, -0.2) is 0 Å². The van der Waals surface area contributed by atoms with E-state index in [9.17, 15) is 8.78 Å². The highest BCUT2D eigenvalue weighted by Crippen LogP contribution is 2.41. The molecule has 2 aliphatic rings. The van der Waals surface area contributed by atoms with Gasteiger partial charge in [0, 0.05) is 0 Å². The zero-order valence-electron chi connectivity index (χ0n) is 17.4. The lowest BCUT2D eigenvalue weighted by Gasteiger charge is -2.32. The molecule has 1 aromatic carbocycles. The summed E-state index contributed by atoms with van der Waals surface area (Å²) in [5, 5.41) is 8.84. The highest BCUT2D eigenvalue weighted by Gasteiger charge is 2.27. The van der Waals surface area contributed by atoms with Crippen molar-refractivity contribution in [2.45, 2.75) is 96.3 Å². The minimum Gasteiger partial charge on any atom is -0.203 e. The monoisotopic (exact) mass is 387 g/mol. The van der Waals surface area contributed by atoms with Gasteiger partial charge in [-0.05, 0) is 61.0 Å². The van der Waals surface area contributed by atoms with Crippen LogP contribution in [0.4, 0.5) is 8.78 Å². The molecular formula is C25H35F2N. The Labute approximate surface area is 169 Å². The molecule has 0 saturated heterocycles. The molecule has 2 fully saturated rings. The molecule has 0 unspecified atom stereocenters. The third kappa shape index (κ3) is 5.34. The van der Waals surface area contributed by atoms with E-state index < -0.39 is 11.6 Å². The van der Waals surface area contributed by atoms with Crippen molar-refractivity contribution in [2.24, 2.45) is 17.8 Å². The Balaban J connectivity index is 1.41. The second-order valence-corrected chi connectivity index (χ2v) is 9.27. The average molecular weight is 388 g/mol. The van der Waals surface area contributed by atoms with Crippen molar-refractivity contribution in [1.82, 2.24) is 0 Å².